The molecule has 43 heavy (non-hydrogen) atoms. The molecule has 4 aromatic rings. The summed E-state index contributed by atoms with van der Waals surface area (Å²) >= 11 is 0. The first-order valence-electron chi connectivity index (χ1n) is 13.5. The van der Waals surface area contributed by atoms with E-state index in [-0.39, 0.29) is 17.5 Å². The molecule has 10 nitrogen and oxygen atoms in total. The molecule has 0 unspecified atom stereocenters. The van der Waals surface area contributed by atoms with Crippen molar-refractivity contribution in [3.8, 4) is 22.6 Å². The number of nitrogens with one attached hydrogen (secondary N) is 3. The van der Waals surface area contributed by atoms with Gasteiger partial charge in [0.2, 0.25) is 11.9 Å². The summed E-state index contributed by atoms with van der Waals surface area (Å²) in [6.07, 6.45) is 2.85. The van der Waals surface area contributed by atoms with Crippen LogP contribution in [0.2, 0.25) is 0 Å². The molecule has 0 aliphatic carbocycles. The second kappa shape index (κ2) is 14.1. The number of ether oxygens (including phenoxy) is 2. The number of hydrogen-bond acceptors (Lipinski definition) is 9. The number of carbonyl (C=O) groups is 1. The highest BCUT2D eigenvalue weighted by molar-refractivity contribution is 6.02. The van der Waals surface area contributed by atoms with E-state index in [1.54, 1.807) is 44.7 Å². The van der Waals surface area contributed by atoms with Crippen molar-refractivity contribution < 1.29 is 18.7 Å². The minimum absolute atomic E-state index is 0.221. The van der Waals surface area contributed by atoms with Crippen LogP contribution in [-0.2, 0) is 4.79 Å². The first kappa shape index (κ1) is 30.8. The molecule has 0 aliphatic rings. The second-order valence-electron chi connectivity index (χ2n) is 9.91. The van der Waals surface area contributed by atoms with Crippen LogP contribution in [0.1, 0.15) is 0 Å². The molecule has 3 aromatic carbocycles. The average molecular weight is 586 g/mol. The zero-order valence-electron chi connectivity index (χ0n) is 24.9. The van der Waals surface area contributed by atoms with Crippen molar-refractivity contribution in [3.05, 3.63) is 85.3 Å². The molecule has 4 rings (SSSR count). The number of nitrogens with zero attached hydrogens (tertiary/aromatic N) is 4. The Morgan fingerprint density at radius 2 is 1.74 bits per heavy atom. The van der Waals surface area contributed by atoms with Crippen LogP contribution >= 0.6 is 0 Å². The van der Waals surface area contributed by atoms with Crippen molar-refractivity contribution in [1.29, 1.82) is 0 Å². The highest BCUT2D eigenvalue weighted by atomic mass is 19.1. The molecule has 0 spiro atoms. The van der Waals surface area contributed by atoms with Gasteiger partial charge in [-0.3, -0.25) is 4.79 Å². The van der Waals surface area contributed by atoms with Gasteiger partial charge in [0.15, 0.2) is 0 Å². The minimum Gasteiger partial charge on any atom is -0.497 e. The maximum absolute atomic E-state index is 14.6. The fourth-order valence-electron chi connectivity index (χ4n) is 4.26. The Morgan fingerprint density at radius 1 is 0.953 bits per heavy atom. The Balaban J connectivity index is 1.77. The highest BCUT2D eigenvalue weighted by Crippen LogP contribution is 2.39. The Hall–Kier alpha value is -5.16. The lowest BCUT2D eigenvalue weighted by Crippen LogP contribution is -2.29. The molecule has 224 valence electrons. The van der Waals surface area contributed by atoms with E-state index in [0.29, 0.717) is 40.8 Å². The van der Waals surface area contributed by atoms with E-state index in [4.69, 9.17) is 14.5 Å². The zero-order valence-corrected chi connectivity index (χ0v) is 24.9. The minimum atomic E-state index is -0.425. The van der Waals surface area contributed by atoms with Gasteiger partial charge in [-0.25, -0.2) is 9.37 Å². The molecule has 0 radical (unpaired) electrons. The molecule has 0 saturated carbocycles. The van der Waals surface area contributed by atoms with Gasteiger partial charge in [-0.1, -0.05) is 30.8 Å². The van der Waals surface area contributed by atoms with E-state index >= 15 is 0 Å². The highest BCUT2D eigenvalue weighted by Gasteiger charge is 2.18. The fourth-order valence-corrected chi connectivity index (χ4v) is 4.26. The maximum Gasteiger partial charge on any atom is 0.247 e. The molecule has 1 heterocycles. The predicted molar refractivity (Wildman–Crippen MR) is 171 cm³/mol. The van der Waals surface area contributed by atoms with Crippen molar-refractivity contribution in [3.63, 3.8) is 0 Å². The van der Waals surface area contributed by atoms with Crippen LogP contribution in [-0.4, -0.2) is 69.2 Å². The fraction of sp³-hybridized carbons (Fsp3) is 0.219. The van der Waals surface area contributed by atoms with Crippen LogP contribution in [0.3, 0.4) is 0 Å². The lowest BCUT2D eigenvalue weighted by Gasteiger charge is -2.26. The quantitative estimate of drug-likeness (QED) is 0.165. The third-order valence-corrected chi connectivity index (χ3v) is 6.60. The Bertz CT molecular complexity index is 1600. The topological polar surface area (TPSA) is 104 Å². The molecule has 0 atom stereocenters. The van der Waals surface area contributed by atoms with Crippen molar-refractivity contribution in [2.24, 2.45) is 0 Å². The number of rotatable bonds is 13. The van der Waals surface area contributed by atoms with Gasteiger partial charge in [-0.15, -0.1) is 0 Å². The van der Waals surface area contributed by atoms with E-state index in [2.05, 4.69) is 32.4 Å². The maximum atomic E-state index is 14.6. The van der Waals surface area contributed by atoms with Gasteiger partial charge in [-0.05, 0) is 56.1 Å². The molecule has 3 N–H and O–H groups in total. The van der Waals surface area contributed by atoms with Gasteiger partial charge in [0, 0.05) is 38.0 Å². The molecular formula is C32H36FN7O3. The zero-order chi connectivity index (χ0) is 30.9. The van der Waals surface area contributed by atoms with Crippen LogP contribution in [0, 0.1) is 5.82 Å². The van der Waals surface area contributed by atoms with Crippen molar-refractivity contribution in [2.45, 2.75) is 0 Å². The summed E-state index contributed by atoms with van der Waals surface area (Å²) < 4.78 is 25.8. The standard InChI is InChI=1S/C32H36FN7O3/c1-7-30(41)35-26-18-27(29(43-6)19-28(26)40(4)16-15-39(2)3)37-32-34-20-23(21-11-10-12-22(17-21)42-5)31(38-32)36-25-14-9-8-13-24(25)33/h7-14,17-20H,1,15-16H2,2-6H3,(H,35,41)(H2,34,36,37,38). The summed E-state index contributed by atoms with van der Waals surface area (Å²) in [5.41, 5.74) is 3.49. The first-order chi connectivity index (χ1) is 20.7. The normalized spacial score (nSPS) is 10.7. The first-order valence-corrected chi connectivity index (χ1v) is 13.5. The number of aromatic nitrogens is 2. The predicted octanol–water partition coefficient (Wildman–Crippen LogP) is 5.91. The third-order valence-electron chi connectivity index (χ3n) is 6.60. The number of methoxy groups -OCH3 is 2. The number of para-hydroxylation sites is 1. The van der Waals surface area contributed by atoms with Gasteiger partial charge >= 0.3 is 0 Å². The summed E-state index contributed by atoms with van der Waals surface area (Å²) in [6.45, 7) is 5.09. The summed E-state index contributed by atoms with van der Waals surface area (Å²) in [7, 11) is 9.08. The van der Waals surface area contributed by atoms with Crippen molar-refractivity contribution in [1.82, 2.24) is 14.9 Å². The molecule has 11 heteroatoms. The number of anilines is 6. The summed E-state index contributed by atoms with van der Waals surface area (Å²) in [5, 5.41) is 9.19. The van der Waals surface area contributed by atoms with Gasteiger partial charge < -0.3 is 35.2 Å². The largest absolute Gasteiger partial charge is 0.497 e. The van der Waals surface area contributed by atoms with E-state index < -0.39 is 5.82 Å². The molecule has 0 saturated heterocycles. The van der Waals surface area contributed by atoms with E-state index in [1.165, 1.54) is 12.1 Å². The van der Waals surface area contributed by atoms with Gasteiger partial charge in [-0.2, -0.15) is 4.98 Å². The summed E-state index contributed by atoms with van der Waals surface area (Å²) in [4.78, 5) is 25.7. The lowest BCUT2D eigenvalue weighted by molar-refractivity contribution is -0.111. The van der Waals surface area contributed by atoms with E-state index in [0.717, 1.165) is 17.8 Å². The Kier molecular flexibility index (Phi) is 10.1. The molecule has 1 aromatic heterocycles. The molecule has 0 aliphatic heterocycles. The van der Waals surface area contributed by atoms with Gasteiger partial charge in [0.1, 0.15) is 23.1 Å². The third kappa shape index (κ3) is 7.77. The Morgan fingerprint density at radius 3 is 2.44 bits per heavy atom. The number of likely N-dealkylation sites (N-methyl/N-ethyl adjacent to an activating group) is 2. The number of halogens is 1. The smallest absolute Gasteiger partial charge is 0.247 e. The summed E-state index contributed by atoms with van der Waals surface area (Å²) in [5.74, 6) is 0.978. The average Bonchev–Trinajstić information content (AvgIpc) is 3.01. The van der Waals surface area contributed by atoms with Crippen LogP contribution in [0.4, 0.5) is 38.9 Å². The van der Waals surface area contributed by atoms with Crippen LogP contribution < -0.4 is 30.3 Å². The molecule has 1 amide bonds. The molecule has 0 bridgehead atoms. The van der Waals surface area contributed by atoms with Crippen molar-refractivity contribution >= 4 is 40.4 Å². The van der Waals surface area contributed by atoms with E-state index in [1.807, 2.05) is 56.4 Å². The van der Waals surface area contributed by atoms with Crippen LogP contribution in [0.15, 0.2) is 79.5 Å². The van der Waals surface area contributed by atoms with Gasteiger partial charge in [0.25, 0.3) is 0 Å². The van der Waals surface area contributed by atoms with Crippen LogP contribution in [0.25, 0.3) is 11.1 Å². The molecule has 0 fully saturated rings. The van der Waals surface area contributed by atoms with Gasteiger partial charge in [0.05, 0.1) is 37.0 Å². The molecular weight excluding hydrogens is 549 g/mol. The van der Waals surface area contributed by atoms with E-state index in [9.17, 15) is 9.18 Å². The Labute approximate surface area is 251 Å². The lowest BCUT2D eigenvalue weighted by atomic mass is 10.1. The summed E-state index contributed by atoms with van der Waals surface area (Å²) in [6, 6.07) is 17.4. The number of hydrogen-bond donors (Lipinski definition) is 3. The SMILES string of the molecule is C=CC(=O)Nc1cc(Nc2ncc(-c3cccc(OC)c3)c(Nc3ccccc3F)n2)c(OC)cc1N(C)CCN(C)C. The van der Waals surface area contributed by atoms with Crippen LogP contribution in [0.5, 0.6) is 11.5 Å². The second-order valence-corrected chi connectivity index (χ2v) is 9.91. The van der Waals surface area contributed by atoms with Crippen molar-refractivity contribution in [2.75, 3.05) is 69.3 Å². The number of amides is 1. The number of benzene rings is 3. The number of carbonyl (C=O) groups excluding carboxylic acids is 1. The monoisotopic (exact) mass is 585 g/mol.